The van der Waals surface area contributed by atoms with Crippen LogP contribution in [-0.4, -0.2) is 9.97 Å². The number of rotatable bonds is 1. The second-order valence-corrected chi connectivity index (χ2v) is 10.8. The van der Waals surface area contributed by atoms with Crippen LogP contribution in [0, 0.1) is 0 Å². The molecule has 0 saturated heterocycles. The van der Waals surface area contributed by atoms with Crippen molar-refractivity contribution < 1.29 is 0 Å². The Balaban J connectivity index is 1.66. The average Bonchev–Trinajstić information content (AvgIpc) is 3.05. The van der Waals surface area contributed by atoms with Gasteiger partial charge >= 0.3 is 0 Å². The van der Waals surface area contributed by atoms with E-state index in [9.17, 15) is 0 Å². The number of aromatic nitrogens is 2. The van der Waals surface area contributed by atoms with Gasteiger partial charge in [-0.1, -0.05) is 107 Å². The minimum absolute atomic E-state index is 0.115. The average molecular weight is 429 g/mol. The van der Waals surface area contributed by atoms with Crippen LogP contribution in [0.15, 0.2) is 79.1 Å². The zero-order chi connectivity index (χ0) is 23.0. The highest BCUT2D eigenvalue weighted by atomic mass is 14.9. The molecule has 0 N–H and O–H groups in total. The lowest BCUT2D eigenvalue weighted by molar-refractivity contribution is 0.591. The molecule has 0 radical (unpaired) electrons. The Bertz CT molecular complexity index is 1570. The highest BCUT2D eigenvalue weighted by molar-refractivity contribution is 6.04. The minimum atomic E-state index is -0.187. The van der Waals surface area contributed by atoms with Crippen LogP contribution in [0.5, 0.6) is 0 Å². The molecule has 0 amide bonds. The molecule has 4 aromatic carbocycles. The number of fused-ring (bicyclic) bond motifs is 6. The second kappa shape index (κ2) is 6.74. The summed E-state index contributed by atoms with van der Waals surface area (Å²) in [6.45, 7) is 11.4. The molecule has 33 heavy (non-hydrogen) atoms. The summed E-state index contributed by atoms with van der Waals surface area (Å²) >= 11 is 0. The topological polar surface area (TPSA) is 25.8 Å². The molecule has 0 unspecified atom stereocenters. The van der Waals surface area contributed by atoms with E-state index in [1.54, 1.807) is 6.33 Å². The van der Waals surface area contributed by atoms with E-state index in [4.69, 9.17) is 9.97 Å². The molecule has 5 aromatic rings. The Labute approximate surface area is 195 Å². The van der Waals surface area contributed by atoms with Gasteiger partial charge in [0.15, 0.2) is 0 Å². The van der Waals surface area contributed by atoms with Crippen LogP contribution >= 0.6 is 0 Å². The molecule has 0 spiro atoms. The third kappa shape index (κ3) is 2.87. The lowest BCUT2D eigenvalue weighted by atomic mass is 9.82. The number of hydrogen-bond acceptors (Lipinski definition) is 2. The Morgan fingerprint density at radius 3 is 2.30 bits per heavy atom. The fraction of sp³-hybridized carbons (Fsp3) is 0.226. The molecular formula is C31H28N2. The maximum Gasteiger partial charge on any atom is 0.116 e. The molecule has 0 atom stereocenters. The van der Waals surface area contributed by atoms with Crippen molar-refractivity contribution in [1.29, 1.82) is 0 Å². The molecule has 1 aromatic heterocycles. The smallest absolute Gasteiger partial charge is 0.116 e. The predicted octanol–water partition coefficient (Wildman–Crippen LogP) is 8.05. The standard InChI is InChI=1S/C31H28N2/c1-30(2,3)21-14-16-22-20(17-21)10-8-12-24(22)28-26-25-15-13-19-9-6-7-11-23(19)27(25)31(4,5)29(26)33-18-32-28/h6-18H,1-5H3. The molecule has 1 heterocycles. The fourth-order valence-corrected chi connectivity index (χ4v) is 5.55. The summed E-state index contributed by atoms with van der Waals surface area (Å²) in [7, 11) is 0. The SMILES string of the molecule is CC(C)(C)c1ccc2c(-c3ncnc4c3-c3ccc5ccccc5c3C4(C)C)cccc2c1. The Hall–Kier alpha value is -3.52. The highest BCUT2D eigenvalue weighted by Gasteiger charge is 2.40. The van der Waals surface area contributed by atoms with Gasteiger partial charge in [-0.2, -0.15) is 0 Å². The zero-order valence-corrected chi connectivity index (χ0v) is 19.9. The van der Waals surface area contributed by atoms with Gasteiger partial charge in [0.25, 0.3) is 0 Å². The van der Waals surface area contributed by atoms with Crippen LogP contribution in [0.25, 0.3) is 43.9 Å². The first-order chi connectivity index (χ1) is 15.8. The van der Waals surface area contributed by atoms with E-state index in [0.29, 0.717) is 0 Å². The molecular weight excluding hydrogens is 400 g/mol. The first-order valence-corrected chi connectivity index (χ1v) is 11.7. The summed E-state index contributed by atoms with van der Waals surface area (Å²) < 4.78 is 0. The van der Waals surface area contributed by atoms with Crippen LogP contribution in [0.1, 0.15) is 51.4 Å². The largest absolute Gasteiger partial charge is 0.240 e. The summed E-state index contributed by atoms with van der Waals surface area (Å²) in [5.41, 5.74) is 8.37. The van der Waals surface area contributed by atoms with E-state index in [-0.39, 0.29) is 10.8 Å². The van der Waals surface area contributed by atoms with Crippen molar-refractivity contribution in [2.75, 3.05) is 0 Å². The molecule has 0 aliphatic heterocycles. The van der Waals surface area contributed by atoms with Gasteiger partial charge in [-0.25, -0.2) is 9.97 Å². The molecule has 6 rings (SSSR count). The molecule has 0 fully saturated rings. The summed E-state index contributed by atoms with van der Waals surface area (Å²) in [5, 5.41) is 5.06. The van der Waals surface area contributed by atoms with Crippen molar-refractivity contribution in [2.24, 2.45) is 0 Å². The first-order valence-electron chi connectivity index (χ1n) is 11.7. The van der Waals surface area contributed by atoms with Crippen molar-refractivity contribution in [3.63, 3.8) is 0 Å². The molecule has 2 heteroatoms. The maximum atomic E-state index is 4.88. The van der Waals surface area contributed by atoms with E-state index in [0.717, 1.165) is 11.4 Å². The van der Waals surface area contributed by atoms with E-state index in [1.165, 1.54) is 49.4 Å². The number of nitrogens with zero attached hydrogens (tertiary/aromatic N) is 2. The van der Waals surface area contributed by atoms with Crippen LogP contribution in [-0.2, 0) is 10.8 Å². The van der Waals surface area contributed by atoms with Gasteiger partial charge in [0.05, 0.1) is 11.4 Å². The molecule has 0 saturated carbocycles. The van der Waals surface area contributed by atoms with Gasteiger partial charge < -0.3 is 0 Å². The Morgan fingerprint density at radius 2 is 1.48 bits per heavy atom. The highest BCUT2D eigenvalue weighted by Crippen LogP contribution is 2.53. The minimum Gasteiger partial charge on any atom is -0.240 e. The van der Waals surface area contributed by atoms with Gasteiger partial charge in [0.2, 0.25) is 0 Å². The Kier molecular flexibility index (Phi) is 4.11. The van der Waals surface area contributed by atoms with Crippen LogP contribution in [0.2, 0.25) is 0 Å². The van der Waals surface area contributed by atoms with Gasteiger partial charge in [-0.3, -0.25) is 0 Å². The third-order valence-electron chi connectivity index (χ3n) is 7.26. The van der Waals surface area contributed by atoms with E-state index in [2.05, 4.69) is 107 Å². The maximum absolute atomic E-state index is 4.88. The molecule has 1 aliphatic rings. The van der Waals surface area contributed by atoms with Gasteiger partial charge in [-0.05, 0) is 43.7 Å². The summed E-state index contributed by atoms with van der Waals surface area (Å²) in [4.78, 5) is 9.71. The molecule has 162 valence electrons. The zero-order valence-electron chi connectivity index (χ0n) is 19.9. The quantitative estimate of drug-likeness (QED) is 0.270. The lowest BCUT2D eigenvalue weighted by Crippen LogP contribution is -2.17. The van der Waals surface area contributed by atoms with Crippen LogP contribution < -0.4 is 0 Å². The van der Waals surface area contributed by atoms with Crippen LogP contribution in [0.3, 0.4) is 0 Å². The molecule has 1 aliphatic carbocycles. The Morgan fingerprint density at radius 1 is 0.697 bits per heavy atom. The van der Waals surface area contributed by atoms with E-state index in [1.807, 2.05) is 0 Å². The fourth-order valence-electron chi connectivity index (χ4n) is 5.55. The van der Waals surface area contributed by atoms with Crippen molar-refractivity contribution >= 4 is 21.5 Å². The summed E-state index contributed by atoms with van der Waals surface area (Å²) in [5.74, 6) is 0. The van der Waals surface area contributed by atoms with Crippen LogP contribution in [0.4, 0.5) is 0 Å². The summed E-state index contributed by atoms with van der Waals surface area (Å²) in [6.07, 6.45) is 1.74. The van der Waals surface area contributed by atoms with Crippen molar-refractivity contribution in [2.45, 2.75) is 45.4 Å². The van der Waals surface area contributed by atoms with Gasteiger partial charge in [-0.15, -0.1) is 0 Å². The predicted molar refractivity (Wildman–Crippen MR) is 139 cm³/mol. The molecule has 2 nitrogen and oxygen atoms in total. The van der Waals surface area contributed by atoms with Crippen molar-refractivity contribution in [3.05, 3.63) is 95.9 Å². The van der Waals surface area contributed by atoms with Crippen molar-refractivity contribution in [3.8, 4) is 22.4 Å². The monoisotopic (exact) mass is 428 g/mol. The number of benzene rings is 4. The van der Waals surface area contributed by atoms with Gasteiger partial charge in [0.1, 0.15) is 6.33 Å². The first kappa shape index (κ1) is 20.1. The third-order valence-corrected chi connectivity index (χ3v) is 7.26. The number of hydrogen-bond donors (Lipinski definition) is 0. The summed E-state index contributed by atoms with van der Waals surface area (Å²) in [6, 6.07) is 26.6. The van der Waals surface area contributed by atoms with Gasteiger partial charge in [0, 0.05) is 16.5 Å². The van der Waals surface area contributed by atoms with E-state index >= 15 is 0 Å². The normalized spacial score (nSPS) is 14.5. The van der Waals surface area contributed by atoms with Crippen molar-refractivity contribution in [1.82, 2.24) is 9.97 Å². The lowest BCUT2D eigenvalue weighted by Gasteiger charge is -2.22. The second-order valence-electron chi connectivity index (χ2n) is 10.8. The molecule has 0 bridgehead atoms. The van der Waals surface area contributed by atoms with E-state index < -0.39 is 0 Å².